The van der Waals surface area contributed by atoms with Crippen LogP contribution in [0.1, 0.15) is 32.4 Å². The molecule has 8 nitrogen and oxygen atoms in total. The first-order valence-electron chi connectivity index (χ1n) is 8.91. The molecule has 1 fully saturated rings. The minimum absolute atomic E-state index is 0.377. The van der Waals surface area contributed by atoms with Crippen molar-refractivity contribution in [3.05, 3.63) is 23.8 Å². The highest BCUT2D eigenvalue weighted by Gasteiger charge is 2.33. The van der Waals surface area contributed by atoms with E-state index in [2.05, 4.69) is 0 Å². The number of quaternary nitrogens is 1. The minimum atomic E-state index is -1.16. The maximum absolute atomic E-state index is 12.2. The highest BCUT2D eigenvalue weighted by atomic mass is 16.6. The van der Waals surface area contributed by atoms with Crippen molar-refractivity contribution in [2.75, 3.05) is 40.4 Å². The molecule has 150 valence electrons. The summed E-state index contributed by atoms with van der Waals surface area (Å²) >= 11 is 0. The van der Waals surface area contributed by atoms with E-state index in [1.807, 2.05) is 20.8 Å². The monoisotopic (exact) mass is 380 g/mol. The molecule has 0 spiro atoms. The molecule has 0 aliphatic carbocycles. The third-order valence-electron chi connectivity index (χ3n) is 4.44. The molecule has 1 aliphatic rings. The number of carboxylic acid groups (broad SMARTS) is 1. The van der Waals surface area contributed by atoms with Crippen LogP contribution in [0.3, 0.4) is 0 Å². The summed E-state index contributed by atoms with van der Waals surface area (Å²) in [7, 11) is 3.02. The van der Waals surface area contributed by atoms with E-state index in [0.29, 0.717) is 43.2 Å². The lowest BCUT2D eigenvalue weighted by atomic mass is 10.0. The number of carbonyl (C=O) groups excluding carboxylic acids is 2. The normalized spacial score (nSPS) is 16.6. The Morgan fingerprint density at radius 2 is 1.70 bits per heavy atom. The summed E-state index contributed by atoms with van der Waals surface area (Å²) in [4.78, 5) is 26.5. The molecular formula is C19H28N2O6. The highest BCUT2D eigenvalue weighted by Crippen LogP contribution is 2.29. The van der Waals surface area contributed by atoms with Crippen LogP contribution < -0.4 is 19.5 Å². The zero-order valence-corrected chi connectivity index (χ0v) is 16.5. The maximum atomic E-state index is 12.2. The van der Waals surface area contributed by atoms with E-state index < -0.39 is 17.6 Å². The predicted octanol–water partition coefficient (Wildman–Crippen LogP) is -0.370. The van der Waals surface area contributed by atoms with Gasteiger partial charge in [0.1, 0.15) is 11.6 Å². The summed E-state index contributed by atoms with van der Waals surface area (Å²) in [6.45, 7) is 7.24. The van der Waals surface area contributed by atoms with Crippen molar-refractivity contribution in [1.82, 2.24) is 4.90 Å². The van der Waals surface area contributed by atoms with Crippen molar-refractivity contribution in [3.8, 4) is 11.5 Å². The van der Waals surface area contributed by atoms with Gasteiger partial charge < -0.3 is 29.0 Å². The van der Waals surface area contributed by atoms with Gasteiger partial charge in [0.15, 0.2) is 17.5 Å². The van der Waals surface area contributed by atoms with E-state index >= 15 is 0 Å². The summed E-state index contributed by atoms with van der Waals surface area (Å²) in [5, 5.41) is 11.8. The van der Waals surface area contributed by atoms with Gasteiger partial charge in [-0.3, -0.25) is 4.90 Å². The Balaban J connectivity index is 2.11. The minimum Gasteiger partial charge on any atom is -0.544 e. The molecule has 1 amide bonds. The second-order valence-electron chi connectivity index (χ2n) is 7.49. The van der Waals surface area contributed by atoms with E-state index in [1.165, 1.54) is 14.2 Å². The molecule has 2 rings (SSSR count). The van der Waals surface area contributed by atoms with Crippen molar-refractivity contribution in [2.24, 2.45) is 0 Å². The van der Waals surface area contributed by atoms with Gasteiger partial charge in [0.25, 0.3) is 0 Å². The molecule has 8 heteroatoms. The molecule has 1 saturated heterocycles. The van der Waals surface area contributed by atoms with Crippen molar-refractivity contribution < 1.29 is 33.8 Å². The van der Waals surface area contributed by atoms with Crippen LogP contribution in [-0.2, 0) is 9.53 Å². The number of hydrogen-bond donors (Lipinski definition) is 1. The van der Waals surface area contributed by atoms with Crippen molar-refractivity contribution >= 4 is 12.1 Å². The van der Waals surface area contributed by atoms with Gasteiger partial charge in [-0.05, 0) is 39.0 Å². The van der Waals surface area contributed by atoms with Crippen LogP contribution in [-0.4, -0.2) is 63.0 Å². The number of hydrogen-bond acceptors (Lipinski definition) is 6. The van der Waals surface area contributed by atoms with Crippen LogP contribution in [0.2, 0.25) is 0 Å². The third kappa shape index (κ3) is 5.26. The summed E-state index contributed by atoms with van der Waals surface area (Å²) in [6, 6.07) is 4.19. The van der Waals surface area contributed by atoms with Gasteiger partial charge in [0.05, 0.1) is 40.4 Å². The molecule has 1 N–H and O–H groups in total. The summed E-state index contributed by atoms with van der Waals surface area (Å²) < 4.78 is 15.9. The fraction of sp³-hybridized carbons (Fsp3) is 0.579. The first kappa shape index (κ1) is 20.8. The summed E-state index contributed by atoms with van der Waals surface area (Å²) in [5.74, 6) is -0.168. The number of piperazine rings is 1. The number of nitrogens with zero attached hydrogens (tertiary/aromatic N) is 1. The summed E-state index contributed by atoms with van der Waals surface area (Å²) in [5.41, 5.74) is 0.0159. The zero-order chi connectivity index (χ0) is 20.2. The Bertz CT molecular complexity index is 677. The first-order chi connectivity index (χ1) is 12.7. The van der Waals surface area contributed by atoms with Crippen LogP contribution in [0.15, 0.2) is 18.2 Å². The molecule has 0 bridgehead atoms. The van der Waals surface area contributed by atoms with Crippen LogP contribution >= 0.6 is 0 Å². The van der Waals surface area contributed by atoms with Gasteiger partial charge in [-0.25, -0.2) is 4.79 Å². The lowest BCUT2D eigenvalue weighted by Gasteiger charge is -2.37. The molecule has 1 heterocycles. The SMILES string of the molecule is COc1ccc([C@@H](C(=O)[O-])[NH+]2CCN(C(=O)OC(C)(C)C)CC2)cc1OC. The van der Waals surface area contributed by atoms with Crippen LogP contribution in [0.25, 0.3) is 0 Å². The van der Waals surface area contributed by atoms with Gasteiger partial charge in [-0.2, -0.15) is 0 Å². The molecule has 1 atom stereocenters. The van der Waals surface area contributed by atoms with Crippen LogP contribution in [0.5, 0.6) is 11.5 Å². The van der Waals surface area contributed by atoms with Gasteiger partial charge in [-0.15, -0.1) is 0 Å². The Labute approximate surface area is 159 Å². The Hall–Kier alpha value is -2.48. The number of benzene rings is 1. The molecular weight excluding hydrogens is 352 g/mol. The molecule has 0 aromatic heterocycles. The fourth-order valence-electron chi connectivity index (χ4n) is 3.16. The average Bonchev–Trinajstić information content (AvgIpc) is 2.60. The molecule has 1 aliphatic heterocycles. The number of methoxy groups -OCH3 is 2. The topological polar surface area (TPSA) is 92.6 Å². The molecule has 1 aromatic rings. The van der Waals surface area contributed by atoms with E-state index in [4.69, 9.17) is 14.2 Å². The second kappa shape index (κ2) is 8.47. The quantitative estimate of drug-likeness (QED) is 0.749. The molecule has 27 heavy (non-hydrogen) atoms. The lowest BCUT2D eigenvalue weighted by molar-refractivity contribution is -0.928. The number of rotatable bonds is 5. The first-order valence-corrected chi connectivity index (χ1v) is 8.91. The van der Waals surface area contributed by atoms with Crippen molar-refractivity contribution in [3.63, 3.8) is 0 Å². The molecule has 0 radical (unpaired) electrons. The van der Waals surface area contributed by atoms with E-state index in [9.17, 15) is 14.7 Å². The van der Waals surface area contributed by atoms with Gasteiger partial charge >= 0.3 is 6.09 Å². The van der Waals surface area contributed by atoms with E-state index in [0.717, 1.165) is 4.90 Å². The van der Waals surface area contributed by atoms with Crippen molar-refractivity contribution in [1.29, 1.82) is 0 Å². The number of nitrogens with one attached hydrogen (secondary N) is 1. The number of carbonyl (C=O) groups is 2. The highest BCUT2D eigenvalue weighted by molar-refractivity contribution is 5.72. The second-order valence-corrected chi connectivity index (χ2v) is 7.49. The maximum Gasteiger partial charge on any atom is 0.410 e. The number of carboxylic acids is 1. The predicted molar refractivity (Wildman–Crippen MR) is 95.8 cm³/mol. The molecule has 0 saturated carbocycles. The fourth-order valence-corrected chi connectivity index (χ4v) is 3.16. The zero-order valence-electron chi connectivity index (χ0n) is 16.5. The standard InChI is InChI=1S/C19H28N2O6/c1-19(2,3)27-18(24)21-10-8-20(9-11-21)16(17(22)23)13-6-7-14(25-4)15(12-13)26-5/h6-7,12,16H,8-11H2,1-5H3,(H,22,23)/t16-/m0/s1. The number of aliphatic carboxylic acids is 1. The number of ether oxygens (including phenoxy) is 3. The van der Waals surface area contributed by atoms with E-state index in [1.54, 1.807) is 23.1 Å². The van der Waals surface area contributed by atoms with Gasteiger partial charge in [0, 0.05) is 5.56 Å². The smallest absolute Gasteiger partial charge is 0.410 e. The van der Waals surface area contributed by atoms with Gasteiger partial charge in [-0.1, -0.05) is 0 Å². The third-order valence-corrected chi connectivity index (χ3v) is 4.44. The Morgan fingerprint density at radius 3 is 2.19 bits per heavy atom. The van der Waals surface area contributed by atoms with Crippen LogP contribution in [0.4, 0.5) is 4.79 Å². The van der Waals surface area contributed by atoms with Crippen molar-refractivity contribution in [2.45, 2.75) is 32.4 Å². The average molecular weight is 380 g/mol. The number of amides is 1. The van der Waals surface area contributed by atoms with Crippen LogP contribution in [0, 0.1) is 0 Å². The van der Waals surface area contributed by atoms with Gasteiger partial charge in [0.2, 0.25) is 0 Å². The largest absolute Gasteiger partial charge is 0.544 e. The molecule has 1 aromatic carbocycles. The Morgan fingerprint density at radius 1 is 1.11 bits per heavy atom. The lowest BCUT2D eigenvalue weighted by Crippen LogP contribution is -3.16. The van der Waals surface area contributed by atoms with E-state index in [-0.39, 0.29) is 6.09 Å². The Kier molecular flexibility index (Phi) is 6.54. The molecule has 0 unspecified atom stereocenters. The summed E-state index contributed by atoms with van der Waals surface area (Å²) in [6.07, 6.45) is -0.377.